The van der Waals surface area contributed by atoms with Crippen molar-refractivity contribution in [3.8, 4) is 23.3 Å². The van der Waals surface area contributed by atoms with Gasteiger partial charge in [0.15, 0.2) is 0 Å². The van der Waals surface area contributed by atoms with E-state index >= 15 is 0 Å². The molecule has 6 aromatic carbocycles. The molecular weight excluding hydrogens is 971 g/mol. The Bertz CT molecular complexity index is 3350. The second-order valence-corrected chi connectivity index (χ2v) is 17.3. The summed E-state index contributed by atoms with van der Waals surface area (Å²) in [6.07, 6.45) is 0.763. The number of hydrogen-bond donors (Lipinski definition) is 4. The molecule has 20 heteroatoms. The lowest BCUT2D eigenvalue weighted by Crippen LogP contribution is -2.41. The van der Waals surface area contributed by atoms with E-state index < -0.39 is 41.6 Å². The van der Waals surface area contributed by atoms with Crippen molar-refractivity contribution in [2.24, 2.45) is 0 Å². The first kappa shape index (κ1) is 49.6. The van der Waals surface area contributed by atoms with Crippen LogP contribution >= 0.6 is 15.9 Å². The summed E-state index contributed by atoms with van der Waals surface area (Å²) < 4.78 is 69.1. The Morgan fingerprint density at radius 3 is 1.47 bits per heavy atom. The third-order valence-electron chi connectivity index (χ3n) is 11.2. The highest BCUT2D eigenvalue weighted by atomic mass is 79.9. The summed E-state index contributed by atoms with van der Waals surface area (Å²) in [6.45, 7) is 7.18. The van der Waals surface area contributed by atoms with E-state index in [1.807, 2.05) is 24.3 Å². The Morgan fingerprint density at radius 1 is 0.614 bits per heavy atom. The Kier molecular flexibility index (Phi) is 14.5. The van der Waals surface area contributed by atoms with Crippen molar-refractivity contribution < 1.29 is 36.5 Å². The van der Waals surface area contributed by atoms with Crippen molar-refractivity contribution >= 4 is 97.8 Å². The summed E-state index contributed by atoms with van der Waals surface area (Å²) in [7, 11) is -1.12. The van der Waals surface area contributed by atoms with Gasteiger partial charge in [0.25, 0.3) is 0 Å². The number of nitrogens with one attached hydrogen (secondary N) is 2. The molecular formula is C50H38BBrF4N10O4. The molecule has 2 aromatic heterocycles. The van der Waals surface area contributed by atoms with Crippen molar-refractivity contribution in [2.75, 3.05) is 22.1 Å². The van der Waals surface area contributed by atoms with Crippen LogP contribution < -0.4 is 27.6 Å². The second-order valence-electron chi connectivity index (χ2n) is 16.4. The molecule has 3 heterocycles. The fourth-order valence-corrected chi connectivity index (χ4v) is 7.38. The number of carbonyl (C=O) groups excluding carboxylic acids is 2. The zero-order chi connectivity index (χ0) is 50.5. The zero-order valence-electron chi connectivity index (χ0n) is 37.5. The fourth-order valence-electron chi connectivity index (χ4n) is 6.92. The number of nitrogens with zero attached hydrogens (tertiary/aromatic N) is 6. The minimum absolute atomic E-state index is 0.0599. The van der Waals surface area contributed by atoms with Crippen molar-refractivity contribution in [2.45, 2.75) is 38.9 Å². The molecule has 0 saturated carbocycles. The van der Waals surface area contributed by atoms with Crippen molar-refractivity contribution in [3.05, 3.63) is 159 Å². The Labute approximate surface area is 406 Å². The summed E-state index contributed by atoms with van der Waals surface area (Å²) in [5, 5.41) is 25.0. The van der Waals surface area contributed by atoms with Gasteiger partial charge in [-0.05, 0) is 135 Å². The average molecular weight is 1010 g/mol. The van der Waals surface area contributed by atoms with Gasteiger partial charge in [-0.2, -0.15) is 20.5 Å². The average Bonchev–Trinajstić information content (AvgIpc) is 3.54. The third-order valence-corrected chi connectivity index (χ3v) is 11.8. The van der Waals surface area contributed by atoms with Gasteiger partial charge in [-0.15, -0.1) is 0 Å². The molecule has 70 heavy (non-hydrogen) atoms. The monoisotopic (exact) mass is 1010 g/mol. The predicted molar refractivity (Wildman–Crippen MR) is 263 cm³/mol. The van der Waals surface area contributed by atoms with E-state index in [9.17, 15) is 27.2 Å². The number of nitriles is 2. The Hall–Kier alpha value is -8.30. The summed E-state index contributed by atoms with van der Waals surface area (Å²) >= 11 is 3.46. The van der Waals surface area contributed by atoms with Crippen molar-refractivity contribution in [1.29, 1.82) is 10.5 Å². The van der Waals surface area contributed by atoms with Gasteiger partial charge in [0.05, 0.1) is 56.5 Å². The van der Waals surface area contributed by atoms with Crippen LogP contribution in [0.5, 0.6) is 0 Å². The second kappa shape index (κ2) is 20.5. The van der Waals surface area contributed by atoms with Gasteiger partial charge in [0, 0.05) is 43.3 Å². The van der Waals surface area contributed by atoms with Gasteiger partial charge in [-0.1, -0.05) is 18.2 Å². The van der Waals surface area contributed by atoms with Crippen LogP contribution in [-0.4, -0.2) is 50.8 Å². The number of hydrogen-bond acceptors (Lipinski definition) is 14. The number of anilines is 6. The maximum absolute atomic E-state index is 14.6. The van der Waals surface area contributed by atoms with Gasteiger partial charge < -0.3 is 31.4 Å². The molecule has 8 aromatic rings. The van der Waals surface area contributed by atoms with Gasteiger partial charge in [-0.3, -0.25) is 9.59 Å². The molecule has 14 nitrogen and oxygen atoms in total. The number of para-hydroxylation sites is 2. The van der Waals surface area contributed by atoms with E-state index in [1.165, 1.54) is 6.07 Å². The number of rotatable bonds is 8. The maximum Gasteiger partial charge on any atom is 0.500 e. The highest BCUT2D eigenvalue weighted by Gasteiger charge is 2.53. The molecule has 0 radical (unpaired) electrons. The summed E-state index contributed by atoms with van der Waals surface area (Å²) in [5.74, 6) is -2.38. The van der Waals surface area contributed by atoms with Crippen LogP contribution in [0.25, 0.3) is 32.9 Å². The van der Waals surface area contributed by atoms with Crippen LogP contribution in [-0.2, 0) is 9.31 Å². The topological polar surface area (TPSA) is 228 Å². The van der Waals surface area contributed by atoms with Crippen LogP contribution in [0.1, 0.15) is 59.5 Å². The normalized spacial score (nSPS) is 13.2. The molecule has 6 N–H and O–H groups in total. The highest BCUT2D eigenvalue weighted by Crippen LogP contribution is 2.38. The van der Waals surface area contributed by atoms with Gasteiger partial charge >= 0.3 is 7.12 Å². The molecule has 0 unspecified atom stereocenters. The van der Waals surface area contributed by atoms with Crippen LogP contribution in [0.3, 0.4) is 0 Å². The van der Waals surface area contributed by atoms with Gasteiger partial charge in [0.1, 0.15) is 47.5 Å². The number of aromatic nitrogens is 4. The maximum atomic E-state index is 14.6. The van der Waals surface area contributed by atoms with E-state index in [0.717, 1.165) is 45.3 Å². The van der Waals surface area contributed by atoms with Crippen LogP contribution in [0.4, 0.5) is 52.5 Å². The van der Waals surface area contributed by atoms with Crippen molar-refractivity contribution in [1.82, 2.24) is 19.9 Å². The molecule has 0 spiro atoms. The first-order valence-electron chi connectivity index (χ1n) is 20.9. The van der Waals surface area contributed by atoms with Crippen LogP contribution in [0.2, 0.25) is 0 Å². The lowest BCUT2D eigenvalue weighted by atomic mass is 9.77. The molecule has 0 bridgehead atoms. The molecule has 1 aliphatic rings. The van der Waals surface area contributed by atoms with E-state index in [-0.39, 0.29) is 45.0 Å². The SMILES string of the molecule is CC1(C)OB(c2c(F)cc(C=O)cc2F)OC1(C)C.N#Cc1ccc(Nc2nc(N)c3cccc(-c4c(F)cc(C=O)cc4F)c3n2)cc1.N#Cc1ccc(Nc2nc(N)c3cccc(Br)c3n2)cc1. The van der Waals surface area contributed by atoms with Crippen LogP contribution in [0.15, 0.2) is 114 Å². The minimum Gasteiger partial charge on any atom is -0.399 e. The molecule has 1 fully saturated rings. The first-order chi connectivity index (χ1) is 33.3. The quantitative estimate of drug-likeness (QED) is 0.0631. The molecule has 1 aliphatic heterocycles. The van der Waals surface area contributed by atoms with E-state index in [1.54, 1.807) is 88.4 Å². The molecule has 0 amide bonds. The number of aldehydes is 2. The van der Waals surface area contributed by atoms with Gasteiger partial charge in [-0.25, -0.2) is 27.5 Å². The number of carbonyl (C=O) groups is 2. The molecule has 0 aliphatic carbocycles. The Morgan fingerprint density at radius 2 is 1.03 bits per heavy atom. The van der Waals surface area contributed by atoms with E-state index in [4.69, 9.17) is 31.3 Å². The minimum atomic E-state index is -1.12. The fraction of sp³-hybridized carbons (Fsp3) is 0.120. The van der Waals surface area contributed by atoms with Gasteiger partial charge in [0.2, 0.25) is 11.9 Å². The lowest BCUT2D eigenvalue weighted by Gasteiger charge is -2.32. The number of fused-ring (bicyclic) bond motifs is 2. The smallest absolute Gasteiger partial charge is 0.399 e. The molecule has 0 atom stereocenters. The third kappa shape index (κ3) is 10.7. The number of nitrogens with two attached hydrogens (primary N) is 2. The number of benzene rings is 6. The van der Waals surface area contributed by atoms with E-state index in [2.05, 4.69) is 52.6 Å². The summed E-state index contributed by atoms with van der Waals surface area (Å²) in [6, 6.07) is 32.0. The highest BCUT2D eigenvalue weighted by molar-refractivity contribution is 9.10. The Balaban J connectivity index is 0.000000160. The van der Waals surface area contributed by atoms with Crippen LogP contribution in [0, 0.1) is 45.9 Å². The van der Waals surface area contributed by atoms with E-state index in [0.29, 0.717) is 46.5 Å². The zero-order valence-corrected chi connectivity index (χ0v) is 39.1. The molecule has 1 saturated heterocycles. The lowest BCUT2D eigenvalue weighted by molar-refractivity contribution is 0.00578. The molecule has 350 valence electrons. The standard InChI is InChI=1S/C22H13F2N5O.C15H10BrN5.C13H15BF2O3/c23-17-8-13(11-30)9-18(24)19(17)15-2-1-3-16-20(15)28-22(29-21(16)26)27-14-6-4-12(10-25)5-7-14;16-12-3-1-2-11-13(12)20-15(21-14(11)18)19-10-6-4-9(8-17)5-7-10;1-12(2)13(3,4)19-14(18-12)11-9(15)5-8(7-17)6-10(11)16/h1-9,11H,(H3,26,27,28,29);1-7H,(H3,18,19,20,21);5-7H,1-4H3. The largest absolute Gasteiger partial charge is 0.500 e. The number of halogens is 5. The summed E-state index contributed by atoms with van der Waals surface area (Å²) in [4.78, 5) is 38.7. The first-order valence-corrected chi connectivity index (χ1v) is 21.7. The molecule has 9 rings (SSSR count). The van der Waals surface area contributed by atoms with Crippen molar-refractivity contribution in [3.63, 3.8) is 0 Å². The number of nitrogen functional groups attached to an aromatic ring is 2. The summed E-state index contributed by atoms with van der Waals surface area (Å²) in [5.41, 5.74) is 13.6. The predicted octanol–water partition coefficient (Wildman–Crippen LogP) is 10.3.